The minimum absolute atomic E-state index is 0.101. The van der Waals surface area contributed by atoms with Crippen LogP contribution in [-0.2, 0) is 27.8 Å². The van der Waals surface area contributed by atoms with Gasteiger partial charge in [0.2, 0.25) is 10.0 Å². The number of ether oxygens (including phenoxy) is 1. The van der Waals surface area contributed by atoms with Crippen molar-refractivity contribution < 1.29 is 18.3 Å². The molecule has 1 aliphatic rings. The summed E-state index contributed by atoms with van der Waals surface area (Å²) in [5, 5.41) is 9.26. The molecular weight excluding hydrogens is 290 g/mol. The van der Waals surface area contributed by atoms with Crippen molar-refractivity contribution in [3.8, 4) is 0 Å². The normalized spacial score (nSPS) is 22.9. The van der Waals surface area contributed by atoms with Gasteiger partial charge in [0.05, 0.1) is 23.6 Å². The highest BCUT2D eigenvalue weighted by Crippen LogP contribution is 2.27. The van der Waals surface area contributed by atoms with E-state index < -0.39 is 10.0 Å². The van der Waals surface area contributed by atoms with Crippen molar-refractivity contribution in [1.82, 2.24) is 4.31 Å². The molecule has 0 aliphatic carbocycles. The first kappa shape index (κ1) is 16.4. The highest BCUT2D eigenvalue weighted by Gasteiger charge is 2.36. The highest BCUT2D eigenvalue weighted by atomic mass is 32.2. The first-order valence-corrected chi connectivity index (χ1v) is 8.68. The average molecular weight is 313 g/mol. The molecular formula is C15H23NO4S. The quantitative estimate of drug-likeness (QED) is 0.895. The van der Waals surface area contributed by atoms with Crippen LogP contribution in [0.1, 0.15) is 31.4 Å². The summed E-state index contributed by atoms with van der Waals surface area (Å²) in [5.74, 6) is 0. The Morgan fingerprint density at radius 2 is 2.14 bits per heavy atom. The van der Waals surface area contributed by atoms with Crippen LogP contribution < -0.4 is 0 Å². The molecule has 0 radical (unpaired) electrons. The first-order chi connectivity index (χ1) is 9.91. The third-order valence-corrected chi connectivity index (χ3v) is 6.12. The zero-order valence-corrected chi connectivity index (χ0v) is 13.6. The Labute approximate surface area is 126 Å². The Kier molecular flexibility index (Phi) is 5.03. The Bertz CT molecular complexity index is 600. The van der Waals surface area contributed by atoms with E-state index in [9.17, 15) is 13.5 Å². The molecule has 6 heteroatoms. The van der Waals surface area contributed by atoms with Crippen molar-refractivity contribution >= 4 is 10.0 Å². The first-order valence-electron chi connectivity index (χ1n) is 7.24. The number of aliphatic hydroxyl groups excluding tert-OH is 1. The fraction of sp³-hybridized carbons (Fsp3) is 0.600. The van der Waals surface area contributed by atoms with Crippen LogP contribution in [0.15, 0.2) is 23.1 Å². The molecule has 21 heavy (non-hydrogen) atoms. The molecule has 2 unspecified atom stereocenters. The lowest BCUT2D eigenvalue weighted by atomic mass is 10.1. The van der Waals surface area contributed by atoms with Gasteiger partial charge in [-0.05, 0) is 37.0 Å². The fourth-order valence-electron chi connectivity index (χ4n) is 2.76. The minimum Gasteiger partial charge on any atom is -0.392 e. The Morgan fingerprint density at radius 1 is 1.43 bits per heavy atom. The molecule has 0 spiro atoms. The van der Waals surface area contributed by atoms with Gasteiger partial charge in [0, 0.05) is 13.7 Å². The number of nitrogens with zero attached hydrogens (tertiary/aromatic N) is 1. The Morgan fingerprint density at radius 3 is 2.67 bits per heavy atom. The predicted molar refractivity (Wildman–Crippen MR) is 80.5 cm³/mol. The van der Waals surface area contributed by atoms with E-state index in [4.69, 9.17) is 4.74 Å². The number of sulfonamides is 1. The molecule has 1 N–H and O–H groups in total. The zero-order valence-electron chi connectivity index (χ0n) is 12.7. The molecule has 0 bridgehead atoms. The lowest BCUT2D eigenvalue weighted by Crippen LogP contribution is -2.41. The summed E-state index contributed by atoms with van der Waals surface area (Å²) in [7, 11) is -1.98. The van der Waals surface area contributed by atoms with Gasteiger partial charge in [0.1, 0.15) is 0 Å². The predicted octanol–water partition coefficient (Wildman–Crippen LogP) is 1.54. The van der Waals surface area contributed by atoms with Gasteiger partial charge in [-0.25, -0.2) is 8.42 Å². The van der Waals surface area contributed by atoms with Crippen LogP contribution >= 0.6 is 0 Å². The lowest BCUT2D eigenvalue weighted by molar-refractivity contribution is 0.102. The molecule has 0 aromatic heterocycles. The summed E-state index contributed by atoms with van der Waals surface area (Å²) in [6.07, 6.45) is 1.24. The van der Waals surface area contributed by atoms with Crippen LogP contribution in [0.3, 0.4) is 0 Å². The molecule has 2 rings (SSSR count). The van der Waals surface area contributed by atoms with E-state index in [1.165, 1.54) is 4.31 Å². The molecule has 0 amide bonds. The number of hydrogen-bond donors (Lipinski definition) is 1. The van der Waals surface area contributed by atoms with Gasteiger partial charge in [0.15, 0.2) is 0 Å². The van der Waals surface area contributed by atoms with Crippen molar-refractivity contribution in [3.63, 3.8) is 0 Å². The van der Waals surface area contributed by atoms with Crippen molar-refractivity contribution in [2.45, 2.75) is 50.3 Å². The second kappa shape index (κ2) is 6.44. The summed E-state index contributed by atoms with van der Waals surface area (Å²) in [5.41, 5.74) is 1.38. The van der Waals surface area contributed by atoms with Crippen LogP contribution in [0.5, 0.6) is 0 Å². The smallest absolute Gasteiger partial charge is 0.243 e. The molecule has 1 fully saturated rings. The standard InChI is InChI=1S/C15H23NO4S/c1-4-13-6-5-12(10-17)9-15(13)21(18,19)16(3)14-7-8-20-11(14)2/h5-6,9,11,14,17H,4,7-8,10H2,1-3H3. The van der Waals surface area contributed by atoms with Crippen LogP contribution in [0.25, 0.3) is 0 Å². The summed E-state index contributed by atoms with van der Waals surface area (Å²) in [4.78, 5) is 0.290. The molecule has 2 atom stereocenters. The van der Waals surface area contributed by atoms with Gasteiger partial charge in [0.25, 0.3) is 0 Å². The third-order valence-electron chi connectivity index (χ3n) is 4.16. The third kappa shape index (κ3) is 3.13. The zero-order chi connectivity index (χ0) is 15.6. The van der Waals surface area contributed by atoms with Crippen molar-refractivity contribution in [2.75, 3.05) is 13.7 Å². The van der Waals surface area contributed by atoms with Gasteiger partial charge >= 0.3 is 0 Å². The Balaban J connectivity index is 2.43. The summed E-state index contributed by atoms with van der Waals surface area (Å²) < 4.78 is 32.7. The van der Waals surface area contributed by atoms with Gasteiger partial charge in [-0.2, -0.15) is 4.31 Å². The number of hydrogen-bond acceptors (Lipinski definition) is 4. The van der Waals surface area contributed by atoms with Crippen LogP contribution in [0, 0.1) is 0 Å². The van der Waals surface area contributed by atoms with Crippen molar-refractivity contribution in [3.05, 3.63) is 29.3 Å². The molecule has 0 saturated carbocycles. The minimum atomic E-state index is -3.59. The number of aliphatic hydroxyl groups is 1. The molecule has 1 heterocycles. The number of aryl methyl sites for hydroxylation is 1. The second-order valence-electron chi connectivity index (χ2n) is 5.41. The van der Waals surface area contributed by atoms with Gasteiger partial charge < -0.3 is 9.84 Å². The van der Waals surface area contributed by atoms with Gasteiger partial charge in [-0.3, -0.25) is 0 Å². The van der Waals surface area contributed by atoms with Gasteiger partial charge in [-0.1, -0.05) is 19.1 Å². The molecule has 5 nitrogen and oxygen atoms in total. The SMILES string of the molecule is CCc1ccc(CO)cc1S(=O)(=O)N(C)C1CCOC1C. The van der Waals surface area contributed by atoms with Crippen LogP contribution in [-0.4, -0.2) is 43.6 Å². The summed E-state index contributed by atoms with van der Waals surface area (Å²) in [6, 6.07) is 4.98. The maximum absolute atomic E-state index is 12.9. The number of rotatable bonds is 5. The molecule has 1 aromatic rings. The fourth-order valence-corrected chi connectivity index (χ4v) is 4.55. The van der Waals surface area contributed by atoms with E-state index in [2.05, 4.69) is 0 Å². The highest BCUT2D eigenvalue weighted by molar-refractivity contribution is 7.89. The van der Waals surface area contributed by atoms with E-state index in [1.54, 1.807) is 25.2 Å². The molecule has 118 valence electrons. The topological polar surface area (TPSA) is 66.8 Å². The maximum Gasteiger partial charge on any atom is 0.243 e. The molecule has 1 aromatic carbocycles. The summed E-state index contributed by atoms with van der Waals surface area (Å²) in [6.45, 7) is 4.24. The van der Waals surface area contributed by atoms with Crippen LogP contribution in [0.4, 0.5) is 0 Å². The van der Waals surface area contributed by atoms with Crippen LogP contribution in [0.2, 0.25) is 0 Å². The van der Waals surface area contributed by atoms with Crippen molar-refractivity contribution in [1.29, 1.82) is 0 Å². The van der Waals surface area contributed by atoms with Crippen molar-refractivity contribution in [2.24, 2.45) is 0 Å². The maximum atomic E-state index is 12.9. The molecule has 1 saturated heterocycles. The molecule has 1 aliphatic heterocycles. The van der Waals surface area contributed by atoms with E-state index in [-0.39, 0.29) is 23.6 Å². The van der Waals surface area contributed by atoms with E-state index in [0.29, 0.717) is 25.0 Å². The largest absolute Gasteiger partial charge is 0.392 e. The van der Waals surface area contributed by atoms with Gasteiger partial charge in [-0.15, -0.1) is 0 Å². The van der Waals surface area contributed by atoms with E-state index in [1.807, 2.05) is 13.8 Å². The number of likely N-dealkylation sites (N-methyl/N-ethyl adjacent to an activating group) is 1. The summed E-state index contributed by atoms with van der Waals surface area (Å²) >= 11 is 0. The second-order valence-corrected chi connectivity index (χ2v) is 7.37. The Hall–Kier alpha value is -0.950. The van der Waals surface area contributed by atoms with E-state index in [0.717, 1.165) is 5.56 Å². The average Bonchev–Trinajstić information content (AvgIpc) is 2.91. The lowest BCUT2D eigenvalue weighted by Gasteiger charge is -2.27. The van der Waals surface area contributed by atoms with E-state index >= 15 is 0 Å². The monoisotopic (exact) mass is 313 g/mol. The number of benzene rings is 1.